The van der Waals surface area contributed by atoms with Crippen LogP contribution in [0.4, 0.5) is 0 Å². The van der Waals surface area contributed by atoms with Crippen LogP contribution < -0.4 is 0 Å². The highest BCUT2D eigenvalue weighted by Crippen LogP contribution is 2.17. The van der Waals surface area contributed by atoms with Gasteiger partial charge in [-0.05, 0) is 13.8 Å². The highest BCUT2D eigenvalue weighted by Gasteiger charge is 2.20. The Hall–Kier alpha value is -1.81. The van der Waals surface area contributed by atoms with E-state index in [2.05, 4.69) is 10.1 Å². The van der Waals surface area contributed by atoms with E-state index in [-0.39, 0.29) is 12.5 Å². The molecule has 8 nitrogen and oxygen atoms in total. The third-order valence-electron chi connectivity index (χ3n) is 4.20. The van der Waals surface area contributed by atoms with E-state index in [0.717, 1.165) is 22.0 Å². The molecule has 0 fully saturated rings. The predicted molar refractivity (Wildman–Crippen MR) is 103 cm³/mol. The van der Waals surface area contributed by atoms with Gasteiger partial charge >= 0.3 is 0 Å². The van der Waals surface area contributed by atoms with Crippen LogP contribution in [0.3, 0.4) is 0 Å². The van der Waals surface area contributed by atoms with Crippen molar-refractivity contribution in [1.82, 2.24) is 19.7 Å². The second-order valence-electron chi connectivity index (χ2n) is 6.11. The minimum Gasteiger partial charge on any atom is -0.382 e. The van der Waals surface area contributed by atoms with Crippen LogP contribution in [0.1, 0.15) is 22.0 Å². The maximum absolute atomic E-state index is 12.7. The lowest BCUT2D eigenvalue weighted by atomic mass is 10.2. The van der Waals surface area contributed by atoms with Gasteiger partial charge in [-0.3, -0.25) is 9.48 Å². The van der Waals surface area contributed by atoms with Crippen LogP contribution in [0, 0.1) is 13.8 Å². The summed E-state index contributed by atoms with van der Waals surface area (Å²) >= 11 is 1.53. The van der Waals surface area contributed by atoms with Crippen LogP contribution in [0.25, 0.3) is 0 Å². The van der Waals surface area contributed by atoms with Gasteiger partial charge in [-0.2, -0.15) is 5.10 Å². The van der Waals surface area contributed by atoms with E-state index in [4.69, 9.17) is 14.2 Å². The fraction of sp³-hybridized carbons (Fsp3) is 0.611. The van der Waals surface area contributed by atoms with Crippen molar-refractivity contribution < 1.29 is 19.0 Å². The van der Waals surface area contributed by atoms with E-state index in [1.165, 1.54) is 11.3 Å². The van der Waals surface area contributed by atoms with Gasteiger partial charge in [0.05, 0.1) is 38.7 Å². The molecule has 2 rings (SSSR count). The summed E-state index contributed by atoms with van der Waals surface area (Å²) in [5.41, 5.74) is 3.04. The molecule has 27 heavy (non-hydrogen) atoms. The van der Waals surface area contributed by atoms with Gasteiger partial charge in [0.1, 0.15) is 11.6 Å². The molecule has 0 aliphatic heterocycles. The largest absolute Gasteiger partial charge is 0.382 e. The number of rotatable bonds is 12. The maximum Gasteiger partial charge on any atom is 0.249 e. The molecule has 1 amide bonds. The summed E-state index contributed by atoms with van der Waals surface area (Å²) < 4.78 is 17.6. The summed E-state index contributed by atoms with van der Waals surface area (Å²) in [5.74, 6) is -0.0789. The fourth-order valence-corrected chi connectivity index (χ4v) is 3.21. The van der Waals surface area contributed by atoms with Crippen molar-refractivity contribution in [1.29, 1.82) is 0 Å². The third-order valence-corrected chi connectivity index (χ3v) is 4.96. The molecule has 2 heterocycles. The van der Waals surface area contributed by atoms with Gasteiger partial charge in [0.15, 0.2) is 0 Å². The molecule has 0 saturated heterocycles. The van der Waals surface area contributed by atoms with Crippen LogP contribution in [-0.4, -0.2) is 65.7 Å². The minimum atomic E-state index is -0.0789. The molecule has 2 aromatic heterocycles. The van der Waals surface area contributed by atoms with E-state index in [1.807, 2.05) is 31.0 Å². The van der Waals surface area contributed by atoms with Crippen molar-refractivity contribution in [3.8, 4) is 0 Å². The average Bonchev–Trinajstić information content (AvgIpc) is 3.24. The molecule has 0 radical (unpaired) electrons. The number of carbonyl (C=O) groups is 1. The summed E-state index contributed by atoms with van der Waals surface area (Å²) in [7, 11) is 3.53. The molecule has 0 aliphatic rings. The molecule has 0 aliphatic carbocycles. The van der Waals surface area contributed by atoms with Gasteiger partial charge in [-0.25, -0.2) is 4.98 Å². The summed E-state index contributed by atoms with van der Waals surface area (Å²) in [6, 6.07) is 0. The molecule has 0 N–H and O–H groups in total. The van der Waals surface area contributed by atoms with Crippen LogP contribution >= 0.6 is 11.3 Å². The van der Waals surface area contributed by atoms with Crippen molar-refractivity contribution >= 4 is 17.2 Å². The molecule has 2 aromatic rings. The second kappa shape index (κ2) is 11.1. The molecular formula is C18H28N4O4S. The Bertz CT molecular complexity index is 703. The van der Waals surface area contributed by atoms with Crippen molar-refractivity contribution in [3.05, 3.63) is 33.5 Å². The smallest absolute Gasteiger partial charge is 0.249 e. The van der Waals surface area contributed by atoms with Gasteiger partial charge in [0.2, 0.25) is 5.91 Å². The van der Waals surface area contributed by atoms with E-state index in [1.54, 1.807) is 18.2 Å². The first-order chi connectivity index (χ1) is 13.0. The molecule has 0 atom stereocenters. The quantitative estimate of drug-likeness (QED) is 0.508. The van der Waals surface area contributed by atoms with Crippen molar-refractivity contribution in [2.24, 2.45) is 7.05 Å². The van der Waals surface area contributed by atoms with E-state index in [0.29, 0.717) is 39.5 Å². The topological polar surface area (TPSA) is 78.7 Å². The lowest BCUT2D eigenvalue weighted by Crippen LogP contribution is -2.34. The number of carbonyl (C=O) groups excluding carboxylic acids is 1. The molecule has 9 heteroatoms. The lowest BCUT2D eigenvalue weighted by Gasteiger charge is -2.22. The van der Waals surface area contributed by atoms with Gasteiger partial charge in [0, 0.05) is 43.5 Å². The first-order valence-corrected chi connectivity index (χ1v) is 9.70. The second-order valence-corrected chi connectivity index (χ2v) is 7.09. The van der Waals surface area contributed by atoms with Crippen molar-refractivity contribution in [2.45, 2.75) is 26.9 Å². The normalized spacial score (nSPS) is 11.1. The standard InChI is InChI=1S/C18H28N4O4S/c1-14-16(15(2)21(3)20-14)11-22(12-17-19-5-10-27-17)18(23)13-26-9-8-25-7-6-24-4/h5,10H,6-9,11-13H2,1-4H3. The fourth-order valence-electron chi connectivity index (χ4n) is 2.58. The van der Waals surface area contributed by atoms with Crippen LogP contribution in [0.2, 0.25) is 0 Å². The zero-order valence-corrected chi connectivity index (χ0v) is 17.3. The van der Waals surface area contributed by atoms with Gasteiger partial charge < -0.3 is 19.1 Å². The Morgan fingerprint density at radius 1 is 1.19 bits per heavy atom. The Balaban J connectivity index is 1.92. The minimum absolute atomic E-state index is 0.0113. The molecule has 0 aromatic carbocycles. The number of methoxy groups -OCH3 is 1. The Morgan fingerprint density at radius 3 is 2.56 bits per heavy atom. The zero-order chi connectivity index (χ0) is 19.6. The SMILES string of the molecule is COCCOCCOCC(=O)N(Cc1nccs1)Cc1c(C)nn(C)c1C. The van der Waals surface area contributed by atoms with Crippen LogP contribution in [-0.2, 0) is 39.1 Å². The number of aromatic nitrogens is 3. The summed E-state index contributed by atoms with van der Waals surface area (Å²) in [5, 5.41) is 7.24. The summed E-state index contributed by atoms with van der Waals surface area (Å²) in [6.45, 7) is 6.79. The van der Waals surface area contributed by atoms with E-state index >= 15 is 0 Å². The summed E-state index contributed by atoms with van der Waals surface area (Å²) in [4.78, 5) is 18.8. The summed E-state index contributed by atoms with van der Waals surface area (Å²) in [6.07, 6.45) is 1.75. The van der Waals surface area contributed by atoms with Crippen LogP contribution in [0.5, 0.6) is 0 Å². The number of aryl methyl sites for hydroxylation is 2. The molecular weight excluding hydrogens is 368 g/mol. The highest BCUT2D eigenvalue weighted by atomic mass is 32.1. The Kier molecular flexibility index (Phi) is 8.86. The van der Waals surface area contributed by atoms with Gasteiger partial charge in [-0.1, -0.05) is 0 Å². The number of nitrogens with zero attached hydrogens (tertiary/aromatic N) is 4. The first kappa shape index (κ1) is 21.5. The Morgan fingerprint density at radius 2 is 1.93 bits per heavy atom. The lowest BCUT2D eigenvalue weighted by molar-refractivity contribution is -0.138. The number of hydrogen-bond acceptors (Lipinski definition) is 7. The maximum atomic E-state index is 12.7. The third kappa shape index (κ3) is 6.69. The van der Waals surface area contributed by atoms with Gasteiger partial charge in [0.25, 0.3) is 0 Å². The van der Waals surface area contributed by atoms with Gasteiger partial charge in [-0.15, -0.1) is 11.3 Å². The first-order valence-electron chi connectivity index (χ1n) is 8.82. The number of thiazole rings is 1. The average molecular weight is 397 g/mol. The molecule has 150 valence electrons. The molecule has 0 spiro atoms. The van der Waals surface area contributed by atoms with E-state index < -0.39 is 0 Å². The number of amides is 1. The number of hydrogen-bond donors (Lipinski definition) is 0. The monoisotopic (exact) mass is 396 g/mol. The zero-order valence-electron chi connectivity index (χ0n) is 16.4. The predicted octanol–water partition coefficient (Wildman–Crippen LogP) is 1.70. The van der Waals surface area contributed by atoms with Crippen LogP contribution in [0.15, 0.2) is 11.6 Å². The highest BCUT2D eigenvalue weighted by molar-refractivity contribution is 7.09. The molecule has 0 saturated carbocycles. The van der Waals surface area contributed by atoms with E-state index in [9.17, 15) is 4.79 Å². The Labute approximate surface area is 164 Å². The molecule has 0 bridgehead atoms. The molecule has 0 unspecified atom stereocenters. The van der Waals surface area contributed by atoms with Crippen molar-refractivity contribution in [2.75, 3.05) is 40.1 Å². The van der Waals surface area contributed by atoms with Crippen molar-refractivity contribution in [3.63, 3.8) is 0 Å². The number of ether oxygens (including phenoxy) is 3.